The number of aryl methyl sites for hydroxylation is 1. The number of para-hydroxylation sites is 2. The maximum atomic E-state index is 12.7. The van der Waals surface area contributed by atoms with Crippen molar-refractivity contribution in [2.75, 3.05) is 19.8 Å². The molecule has 28 heavy (non-hydrogen) atoms. The molecule has 7 heteroatoms. The van der Waals surface area contributed by atoms with E-state index in [2.05, 4.69) is 9.97 Å². The Kier molecular flexibility index (Phi) is 4.60. The Bertz CT molecular complexity index is 954. The van der Waals surface area contributed by atoms with Crippen LogP contribution in [0.5, 0.6) is 0 Å². The van der Waals surface area contributed by atoms with E-state index in [1.54, 1.807) is 0 Å². The molecule has 146 valence electrons. The van der Waals surface area contributed by atoms with Gasteiger partial charge in [-0.05, 0) is 25.0 Å². The lowest BCUT2D eigenvalue weighted by atomic mass is 10.0. The lowest BCUT2D eigenvalue weighted by Crippen LogP contribution is -2.36. The summed E-state index contributed by atoms with van der Waals surface area (Å²) in [4.78, 5) is 27.2. The van der Waals surface area contributed by atoms with Crippen LogP contribution in [0.25, 0.3) is 11.0 Å². The highest BCUT2D eigenvalue weighted by molar-refractivity contribution is 5.77. The van der Waals surface area contributed by atoms with Crippen LogP contribution in [0.2, 0.25) is 0 Å². The first-order valence-electron chi connectivity index (χ1n) is 10.0. The van der Waals surface area contributed by atoms with Crippen molar-refractivity contribution >= 4 is 16.9 Å². The number of carbonyl (C=O) groups excluding carboxylic acids is 1. The number of carbonyl (C=O) groups is 1. The Labute approximate surface area is 163 Å². The first-order chi connectivity index (χ1) is 13.8. The normalized spacial score (nSPS) is 17.8. The quantitative estimate of drug-likeness (QED) is 0.752. The molecular weight excluding hydrogens is 356 g/mol. The Morgan fingerprint density at radius 1 is 1.21 bits per heavy atom. The van der Waals surface area contributed by atoms with E-state index < -0.39 is 0 Å². The van der Waals surface area contributed by atoms with Gasteiger partial charge in [0, 0.05) is 44.9 Å². The van der Waals surface area contributed by atoms with Crippen LogP contribution in [0.3, 0.4) is 0 Å². The van der Waals surface area contributed by atoms with Gasteiger partial charge in [0.2, 0.25) is 5.91 Å². The fourth-order valence-corrected chi connectivity index (χ4v) is 4.06. The number of aromatic amines is 1. The fraction of sp³-hybridized carbons (Fsp3) is 0.476. The summed E-state index contributed by atoms with van der Waals surface area (Å²) in [6.07, 6.45) is 3.71. The van der Waals surface area contributed by atoms with Crippen LogP contribution in [0.1, 0.15) is 48.3 Å². The number of H-pyrrole nitrogens is 1. The average Bonchev–Trinajstić information content (AvgIpc) is 3.35. The van der Waals surface area contributed by atoms with Crippen molar-refractivity contribution in [1.29, 1.82) is 0 Å². The SMILES string of the molecule is O=C(CCc1nc2ccccc2[nH]1)N1CCc2oc(C3CCOCC3)nc2C1. The van der Waals surface area contributed by atoms with Crippen LogP contribution in [0, 0.1) is 0 Å². The third-order valence-corrected chi connectivity index (χ3v) is 5.68. The van der Waals surface area contributed by atoms with Gasteiger partial charge in [0.05, 0.1) is 17.6 Å². The first kappa shape index (κ1) is 17.4. The summed E-state index contributed by atoms with van der Waals surface area (Å²) in [5.74, 6) is 3.11. The summed E-state index contributed by atoms with van der Waals surface area (Å²) in [5, 5.41) is 0. The second kappa shape index (κ2) is 7.39. The van der Waals surface area contributed by atoms with Crippen molar-refractivity contribution in [1.82, 2.24) is 19.9 Å². The zero-order valence-corrected chi connectivity index (χ0v) is 15.8. The smallest absolute Gasteiger partial charge is 0.223 e. The van der Waals surface area contributed by atoms with Gasteiger partial charge in [-0.25, -0.2) is 9.97 Å². The standard InChI is InChI=1S/C21H24N4O3/c26-20(6-5-19-22-15-3-1-2-4-16(15)23-19)25-10-7-18-17(13-25)24-21(28-18)14-8-11-27-12-9-14/h1-4,14H,5-13H2,(H,22,23). The van der Waals surface area contributed by atoms with E-state index >= 15 is 0 Å². The molecular formula is C21H24N4O3. The molecule has 0 spiro atoms. The molecule has 1 fully saturated rings. The Hall–Kier alpha value is -2.67. The van der Waals surface area contributed by atoms with Crippen LogP contribution < -0.4 is 0 Å². The molecule has 2 aliphatic heterocycles. The van der Waals surface area contributed by atoms with E-state index in [4.69, 9.17) is 14.1 Å². The molecule has 1 amide bonds. The van der Waals surface area contributed by atoms with Crippen LogP contribution in [-0.2, 0) is 28.9 Å². The number of amides is 1. The molecule has 1 saturated heterocycles. The molecule has 2 aliphatic rings. The molecule has 1 aromatic carbocycles. The minimum atomic E-state index is 0.140. The summed E-state index contributed by atoms with van der Waals surface area (Å²) < 4.78 is 11.4. The lowest BCUT2D eigenvalue weighted by molar-refractivity contribution is -0.132. The summed E-state index contributed by atoms with van der Waals surface area (Å²) in [7, 11) is 0. The maximum Gasteiger partial charge on any atom is 0.223 e. The summed E-state index contributed by atoms with van der Waals surface area (Å²) in [6, 6.07) is 7.92. The van der Waals surface area contributed by atoms with Gasteiger partial charge in [0.15, 0.2) is 5.89 Å². The van der Waals surface area contributed by atoms with Crippen molar-refractivity contribution in [2.24, 2.45) is 0 Å². The van der Waals surface area contributed by atoms with Gasteiger partial charge in [-0.1, -0.05) is 12.1 Å². The van der Waals surface area contributed by atoms with Crippen molar-refractivity contribution in [3.05, 3.63) is 47.4 Å². The minimum absolute atomic E-state index is 0.140. The zero-order chi connectivity index (χ0) is 18.9. The second-order valence-electron chi connectivity index (χ2n) is 7.57. The number of rotatable bonds is 4. The van der Waals surface area contributed by atoms with E-state index in [1.165, 1.54) is 0 Å². The topological polar surface area (TPSA) is 84.2 Å². The van der Waals surface area contributed by atoms with Crippen LogP contribution >= 0.6 is 0 Å². The summed E-state index contributed by atoms with van der Waals surface area (Å²) in [6.45, 7) is 2.77. The Balaban J connectivity index is 1.21. The molecule has 5 rings (SSSR count). The van der Waals surface area contributed by atoms with E-state index in [-0.39, 0.29) is 5.91 Å². The van der Waals surface area contributed by atoms with E-state index in [0.717, 1.165) is 66.7 Å². The predicted octanol–water partition coefficient (Wildman–Crippen LogP) is 2.96. The number of benzene rings is 1. The molecule has 0 atom stereocenters. The van der Waals surface area contributed by atoms with Gasteiger partial charge in [-0.3, -0.25) is 4.79 Å². The molecule has 0 saturated carbocycles. The molecule has 0 radical (unpaired) electrons. The van der Waals surface area contributed by atoms with Gasteiger partial charge in [-0.15, -0.1) is 0 Å². The van der Waals surface area contributed by atoms with Gasteiger partial charge in [0.1, 0.15) is 17.3 Å². The van der Waals surface area contributed by atoms with Crippen LogP contribution in [0.15, 0.2) is 28.7 Å². The molecule has 0 aliphatic carbocycles. The third kappa shape index (κ3) is 3.42. The number of hydrogen-bond acceptors (Lipinski definition) is 5. The molecule has 4 heterocycles. The first-order valence-corrected chi connectivity index (χ1v) is 10.0. The monoisotopic (exact) mass is 380 g/mol. The molecule has 2 aromatic heterocycles. The van der Waals surface area contributed by atoms with Gasteiger partial charge in [0.25, 0.3) is 0 Å². The molecule has 0 bridgehead atoms. The average molecular weight is 380 g/mol. The van der Waals surface area contributed by atoms with Crippen molar-refractivity contribution in [3.8, 4) is 0 Å². The second-order valence-corrected chi connectivity index (χ2v) is 7.57. The number of ether oxygens (including phenoxy) is 1. The number of oxazole rings is 1. The van der Waals surface area contributed by atoms with Crippen molar-refractivity contribution < 1.29 is 13.9 Å². The maximum absolute atomic E-state index is 12.7. The number of hydrogen-bond donors (Lipinski definition) is 1. The number of nitrogens with one attached hydrogen (secondary N) is 1. The van der Waals surface area contributed by atoms with Crippen molar-refractivity contribution in [3.63, 3.8) is 0 Å². The van der Waals surface area contributed by atoms with E-state index in [1.807, 2.05) is 29.2 Å². The van der Waals surface area contributed by atoms with Crippen LogP contribution in [0.4, 0.5) is 0 Å². The predicted molar refractivity (Wildman–Crippen MR) is 103 cm³/mol. The lowest BCUT2D eigenvalue weighted by Gasteiger charge is -2.25. The highest BCUT2D eigenvalue weighted by Gasteiger charge is 2.28. The van der Waals surface area contributed by atoms with Gasteiger partial charge >= 0.3 is 0 Å². The fourth-order valence-electron chi connectivity index (χ4n) is 4.06. The Morgan fingerprint density at radius 3 is 2.93 bits per heavy atom. The molecule has 0 unspecified atom stereocenters. The third-order valence-electron chi connectivity index (χ3n) is 5.68. The summed E-state index contributed by atoms with van der Waals surface area (Å²) >= 11 is 0. The molecule has 1 N–H and O–H groups in total. The number of fused-ring (bicyclic) bond motifs is 2. The summed E-state index contributed by atoms with van der Waals surface area (Å²) in [5.41, 5.74) is 2.87. The van der Waals surface area contributed by atoms with E-state index in [9.17, 15) is 4.79 Å². The number of nitrogens with zero attached hydrogens (tertiary/aromatic N) is 3. The number of imidazole rings is 1. The molecule has 7 nitrogen and oxygen atoms in total. The molecule has 3 aromatic rings. The zero-order valence-electron chi connectivity index (χ0n) is 15.8. The van der Waals surface area contributed by atoms with Crippen molar-refractivity contribution in [2.45, 2.75) is 44.6 Å². The highest BCUT2D eigenvalue weighted by Crippen LogP contribution is 2.30. The number of aromatic nitrogens is 3. The minimum Gasteiger partial charge on any atom is -0.445 e. The van der Waals surface area contributed by atoms with Gasteiger partial charge < -0.3 is 19.0 Å². The highest BCUT2D eigenvalue weighted by atomic mass is 16.5. The van der Waals surface area contributed by atoms with Gasteiger partial charge in [-0.2, -0.15) is 0 Å². The van der Waals surface area contributed by atoms with Crippen LogP contribution in [-0.4, -0.2) is 45.5 Å². The Morgan fingerprint density at radius 2 is 2.07 bits per heavy atom. The van der Waals surface area contributed by atoms with E-state index in [0.29, 0.717) is 31.8 Å². The largest absolute Gasteiger partial charge is 0.445 e.